The van der Waals surface area contributed by atoms with Crippen molar-refractivity contribution in [2.45, 2.75) is 43.0 Å². The van der Waals surface area contributed by atoms with Gasteiger partial charge in [-0.3, -0.25) is 0 Å². The molecule has 0 spiro atoms. The molecule has 4 nitrogen and oxygen atoms in total. The average Bonchev–Trinajstić information content (AvgIpc) is 3.16. The molecule has 0 saturated heterocycles. The molecule has 0 saturated carbocycles. The third-order valence-electron chi connectivity index (χ3n) is 9.17. The Morgan fingerprint density at radius 2 is 0.788 bits per heavy atom. The number of nitrogens with one attached hydrogen (secondary N) is 1. The number of para-hydroxylation sites is 2. The molecule has 7 rings (SSSR count). The van der Waals surface area contributed by atoms with Gasteiger partial charge in [-0.15, -0.1) is 0 Å². The van der Waals surface area contributed by atoms with Crippen molar-refractivity contribution < 1.29 is 0 Å². The predicted octanol–water partition coefficient (Wildman–Crippen LogP) is 10.6. The topological polar surface area (TPSA) is 40.0 Å². The molecule has 0 unspecified atom stereocenters. The van der Waals surface area contributed by atoms with Crippen molar-refractivity contribution in [3.63, 3.8) is 0 Å². The van der Waals surface area contributed by atoms with E-state index in [4.69, 9.17) is 8.82 Å². The maximum atomic E-state index is 6.56. The molecule has 0 aromatic heterocycles. The van der Waals surface area contributed by atoms with Crippen LogP contribution < -0.4 is 30.6 Å². The van der Waals surface area contributed by atoms with Gasteiger partial charge in [-0.2, -0.15) is 0 Å². The molecule has 52 heavy (non-hydrogen) atoms. The van der Waals surface area contributed by atoms with Gasteiger partial charge in [0.25, 0.3) is 0 Å². The van der Waals surface area contributed by atoms with E-state index in [-0.39, 0.29) is 0 Å². The molecule has 0 aliphatic carbocycles. The Kier molecular flexibility index (Phi) is 10.3. The maximum absolute atomic E-state index is 6.56. The van der Waals surface area contributed by atoms with Crippen LogP contribution in [-0.2, 0) is 3.73 Å². The fraction of sp³-hybridized carbons (Fsp3) is 0.163. The molecule has 1 aliphatic heterocycles. The fourth-order valence-electron chi connectivity index (χ4n) is 7.55. The van der Waals surface area contributed by atoms with E-state index in [9.17, 15) is 0 Å². The summed E-state index contributed by atoms with van der Waals surface area (Å²) in [7, 11) is -10.1. The van der Waals surface area contributed by atoms with Gasteiger partial charge >= 0.3 is 322 Å². The van der Waals surface area contributed by atoms with Gasteiger partial charge in [0, 0.05) is 0 Å². The first-order chi connectivity index (χ1) is 25.0. The summed E-state index contributed by atoms with van der Waals surface area (Å²) in [5.74, 6) is 0. The molecule has 1 aliphatic rings. The van der Waals surface area contributed by atoms with Crippen LogP contribution in [0.15, 0.2) is 185 Å². The Morgan fingerprint density at radius 3 is 1.15 bits per heavy atom. The summed E-state index contributed by atoms with van der Waals surface area (Å²) in [4.78, 5) is 0. The SMILES string of the molecule is C[Si](C)(C)N=P(c1ccccc1)(c1ccccc1)[C]1(P(=N[Si](C)(C)C)(c2ccccc2)c2ccccc2)[Ge][N](c2ccccc2)Nc2ccccc21. The van der Waals surface area contributed by atoms with Crippen molar-refractivity contribution in [2.75, 3.05) is 9.39 Å². The number of fused-ring (bicyclic) bond motifs is 1. The summed E-state index contributed by atoms with van der Waals surface area (Å²) in [6.45, 7) is 14.6. The summed E-state index contributed by atoms with van der Waals surface area (Å²) in [5, 5.41) is 5.33. The van der Waals surface area contributed by atoms with E-state index in [0.29, 0.717) is 0 Å². The zero-order chi connectivity index (χ0) is 36.5. The molecule has 262 valence electrons. The second kappa shape index (κ2) is 14.6. The molecule has 0 amide bonds. The van der Waals surface area contributed by atoms with Crippen LogP contribution in [0.5, 0.6) is 0 Å². The molecule has 6 aromatic rings. The quantitative estimate of drug-likeness (QED) is 0.117. The number of hydrogen-bond acceptors (Lipinski definition) is 4. The van der Waals surface area contributed by atoms with Gasteiger partial charge < -0.3 is 0 Å². The Morgan fingerprint density at radius 1 is 0.462 bits per heavy atom. The number of anilines is 2. The Labute approximate surface area is 319 Å². The molecule has 0 atom stereocenters. The van der Waals surface area contributed by atoms with Crippen molar-refractivity contribution in [3.05, 3.63) is 181 Å². The van der Waals surface area contributed by atoms with Gasteiger partial charge in [0.1, 0.15) is 0 Å². The van der Waals surface area contributed by atoms with Gasteiger partial charge in [0.2, 0.25) is 0 Å². The van der Waals surface area contributed by atoms with Crippen LogP contribution in [0.25, 0.3) is 0 Å². The number of nitrogens with zero attached hydrogens (tertiary/aromatic N) is 3. The zero-order valence-corrected chi connectivity index (χ0v) is 36.9. The van der Waals surface area contributed by atoms with Crippen LogP contribution in [0.2, 0.25) is 39.3 Å². The van der Waals surface area contributed by atoms with Crippen molar-refractivity contribution in [1.29, 1.82) is 0 Å². The van der Waals surface area contributed by atoms with E-state index < -0.39 is 50.0 Å². The predicted molar refractivity (Wildman–Crippen MR) is 236 cm³/mol. The van der Waals surface area contributed by atoms with E-state index in [0.717, 1.165) is 5.69 Å². The summed E-state index contributed by atoms with van der Waals surface area (Å²) in [6.07, 6.45) is 0. The number of benzene rings is 6. The number of hydrazine groups is 1. The Balaban J connectivity index is 1.88. The molecular weight excluding hydrogens is 763 g/mol. The van der Waals surface area contributed by atoms with Gasteiger partial charge in [-0.25, -0.2) is 0 Å². The second-order valence-corrected chi connectivity index (χ2v) is 36.6. The van der Waals surface area contributed by atoms with E-state index in [1.54, 1.807) is 0 Å². The van der Waals surface area contributed by atoms with Gasteiger partial charge in [-0.05, 0) is 0 Å². The van der Waals surface area contributed by atoms with Crippen LogP contribution >= 0.6 is 14.1 Å². The zero-order valence-electron chi connectivity index (χ0n) is 31.0. The van der Waals surface area contributed by atoms with Crippen molar-refractivity contribution in [3.8, 4) is 0 Å². The van der Waals surface area contributed by atoms with Gasteiger partial charge in [0.05, 0.1) is 0 Å². The average molecular weight is 812 g/mol. The molecule has 1 N–H and O–H groups in total. The molecule has 6 aromatic carbocycles. The first kappa shape index (κ1) is 36.7. The van der Waals surface area contributed by atoms with E-state index in [1.807, 2.05) is 0 Å². The molecular formula is C43H48GeN4P2Si2. The Bertz CT molecular complexity index is 2040. The van der Waals surface area contributed by atoms with E-state index in [2.05, 4.69) is 225 Å². The summed E-state index contributed by atoms with van der Waals surface area (Å²) < 4.78 is 15.2. The van der Waals surface area contributed by atoms with Crippen LogP contribution in [0.4, 0.5) is 11.4 Å². The molecule has 9 heteroatoms. The number of rotatable bonds is 9. The standard InChI is InChI=1S/C43H48GeN4P2Si2/c1-51(2,3)46-49(37-26-14-8-15-27-37,38-28-16-9-17-29-38)43(41-34-22-23-35-42(41)45-48(44-43)36-24-12-7-13-25-36)50(47-52(4,5)6,39-30-18-10-19-31-39)40-32-20-11-21-33-40/h7-35,45H,1-6H3. The summed E-state index contributed by atoms with van der Waals surface area (Å²) >= 11 is -1.21. The van der Waals surface area contributed by atoms with Crippen LogP contribution in [0.3, 0.4) is 0 Å². The second-order valence-electron chi connectivity index (χ2n) is 15.3. The Hall–Kier alpha value is -3.64. The third-order valence-corrected chi connectivity index (χ3v) is 32.2. The first-order valence-electron chi connectivity index (χ1n) is 18.0. The summed E-state index contributed by atoms with van der Waals surface area (Å²) in [6, 6.07) is 65.9. The van der Waals surface area contributed by atoms with Crippen molar-refractivity contribution in [2.24, 2.45) is 8.82 Å². The molecule has 0 fully saturated rings. The van der Waals surface area contributed by atoms with E-state index in [1.165, 1.54) is 32.5 Å². The molecule has 1 heterocycles. The normalized spacial score (nSPS) is 14.5. The van der Waals surface area contributed by atoms with Crippen LogP contribution in [-0.4, -0.2) is 32.1 Å². The fourth-order valence-corrected chi connectivity index (χ4v) is 37.8. The molecule has 2 radical (unpaired) electrons. The van der Waals surface area contributed by atoms with Crippen LogP contribution in [0, 0.1) is 0 Å². The molecule has 0 bridgehead atoms. The van der Waals surface area contributed by atoms with Crippen molar-refractivity contribution >= 4 is 78.8 Å². The number of hydrogen-bond donors (Lipinski definition) is 1. The van der Waals surface area contributed by atoms with Crippen molar-refractivity contribution in [1.82, 2.24) is 0 Å². The van der Waals surface area contributed by atoms with Gasteiger partial charge in [0.15, 0.2) is 0 Å². The van der Waals surface area contributed by atoms with Crippen LogP contribution in [0.1, 0.15) is 5.56 Å². The van der Waals surface area contributed by atoms with E-state index >= 15 is 0 Å². The minimum atomic E-state index is -2.82. The summed E-state index contributed by atoms with van der Waals surface area (Å²) in [5.41, 5.74) is 7.69. The first-order valence-corrected chi connectivity index (χ1v) is 30.4. The van der Waals surface area contributed by atoms with Gasteiger partial charge in [-0.1, -0.05) is 0 Å². The minimum absolute atomic E-state index is 0.510. The third kappa shape index (κ3) is 6.58. The monoisotopic (exact) mass is 812 g/mol.